The number of rotatable bonds is 1. The van der Waals surface area contributed by atoms with Gasteiger partial charge in [-0.05, 0) is 25.2 Å². The highest BCUT2D eigenvalue weighted by molar-refractivity contribution is 7.11. The highest BCUT2D eigenvalue weighted by Crippen LogP contribution is 2.32. The molecule has 0 amide bonds. The van der Waals surface area contributed by atoms with Crippen LogP contribution < -0.4 is 0 Å². The molecule has 2 rings (SSSR count). The smallest absolute Gasteiger partial charge is 0.0956 e. The van der Waals surface area contributed by atoms with E-state index in [9.17, 15) is 0 Å². The van der Waals surface area contributed by atoms with Crippen LogP contribution in [0.1, 0.15) is 48.7 Å². The van der Waals surface area contributed by atoms with Crippen LogP contribution in [0.4, 0.5) is 0 Å². The van der Waals surface area contributed by atoms with E-state index in [2.05, 4.69) is 20.8 Å². The molecule has 1 aromatic rings. The lowest BCUT2D eigenvalue weighted by atomic mass is 9.93. The predicted molar refractivity (Wildman–Crippen MR) is 57.4 cm³/mol. The molecule has 72 valence electrons. The first-order chi connectivity index (χ1) is 6.16. The zero-order valence-corrected chi connectivity index (χ0v) is 9.45. The molecule has 2 heteroatoms. The van der Waals surface area contributed by atoms with E-state index >= 15 is 0 Å². The summed E-state index contributed by atoms with van der Waals surface area (Å²) >= 11 is 1.93. The van der Waals surface area contributed by atoms with Gasteiger partial charge in [0.25, 0.3) is 0 Å². The standard InChI is InChI=1S/C11H17NS/c1-7(2)11-12-9-6-8(3)4-5-10(9)13-11/h7-8H,4-6H2,1-3H3. The minimum absolute atomic E-state index is 0.603. The zero-order chi connectivity index (χ0) is 9.42. The van der Waals surface area contributed by atoms with Gasteiger partial charge in [0.15, 0.2) is 0 Å². The molecule has 13 heavy (non-hydrogen) atoms. The largest absolute Gasteiger partial charge is 0.246 e. The lowest BCUT2D eigenvalue weighted by molar-refractivity contribution is 0.498. The number of thiazole rings is 1. The van der Waals surface area contributed by atoms with E-state index in [0.29, 0.717) is 5.92 Å². The fraction of sp³-hybridized carbons (Fsp3) is 0.727. The molecule has 1 aliphatic rings. The molecule has 0 fully saturated rings. The third-order valence-corrected chi connectivity index (χ3v) is 4.15. The highest BCUT2D eigenvalue weighted by Gasteiger charge is 2.20. The van der Waals surface area contributed by atoms with Crippen molar-refractivity contribution in [2.45, 2.75) is 46.0 Å². The molecule has 1 aliphatic carbocycles. The molecular weight excluding hydrogens is 178 g/mol. The maximum atomic E-state index is 4.72. The van der Waals surface area contributed by atoms with Crippen LogP contribution in [0.2, 0.25) is 0 Å². The molecule has 0 saturated heterocycles. The zero-order valence-electron chi connectivity index (χ0n) is 8.63. The minimum atomic E-state index is 0.603. The van der Waals surface area contributed by atoms with Gasteiger partial charge < -0.3 is 0 Å². The van der Waals surface area contributed by atoms with Crippen LogP contribution in [0.3, 0.4) is 0 Å². The normalized spacial score (nSPS) is 22.0. The van der Waals surface area contributed by atoms with E-state index in [0.717, 1.165) is 5.92 Å². The summed E-state index contributed by atoms with van der Waals surface area (Å²) in [7, 11) is 0. The van der Waals surface area contributed by atoms with Crippen molar-refractivity contribution >= 4 is 11.3 Å². The van der Waals surface area contributed by atoms with E-state index in [1.807, 2.05) is 11.3 Å². The van der Waals surface area contributed by atoms with Crippen molar-refractivity contribution in [2.24, 2.45) is 5.92 Å². The van der Waals surface area contributed by atoms with Crippen LogP contribution in [0, 0.1) is 5.92 Å². The summed E-state index contributed by atoms with van der Waals surface area (Å²) < 4.78 is 0. The second-order valence-corrected chi connectivity index (χ2v) is 5.54. The van der Waals surface area contributed by atoms with Crippen LogP contribution in [-0.4, -0.2) is 4.98 Å². The van der Waals surface area contributed by atoms with Gasteiger partial charge in [0.05, 0.1) is 10.7 Å². The molecule has 1 heterocycles. The van der Waals surface area contributed by atoms with Crippen molar-refractivity contribution < 1.29 is 0 Å². The maximum Gasteiger partial charge on any atom is 0.0956 e. The maximum absolute atomic E-state index is 4.72. The van der Waals surface area contributed by atoms with E-state index in [4.69, 9.17) is 4.98 Å². The summed E-state index contributed by atoms with van der Waals surface area (Å²) in [5.74, 6) is 1.44. The monoisotopic (exact) mass is 195 g/mol. The number of hydrogen-bond donors (Lipinski definition) is 0. The number of hydrogen-bond acceptors (Lipinski definition) is 2. The number of aryl methyl sites for hydroxylation is 1. The molecule has 1 nitrogen and oxygen atoms in total. The molecular formula is C11H17NS. The SMILES string of the molecule is CC1CCc2sc(C(C)C)nc2C1. The van der Waals surface area contributed by atoms with Crippen molar-refractivity contribution in [1.82, 2.24) is 4.98 Å². The Morgan fingerprint density at radius 3 is 2.92 bits per heavy atom. The summed E-state index contributed by atoms with van der Waals surface area (Å²) in [6, 6.07) is 0. The fourth-order valence-electron chi connectivity index (χ4n) is 1.81. The average Bonchev–Trinajstić information content (AvgIpc) is 2.46. The van der Waals surface area contributed by atoms with E-state index < -0.39 is 0 Å². The Morgan fingerprint density at radius 2 is 2.23 bits per heavy atom. The molecule has 0 aliphatic heterocycles. The van der Waals surface area contributed by atoms with Gasteiger partial charge in [0.1, 0.15) is 0 Å². The van der Waals surface area contributed by atoms with Crippen molar-refractivity contribution in [3.8, 4) is 0 Å². The molecule has 0 radical (unpaired) electrons. The Kier molecular flexibility index (Phi) is 2.41. The first-order valence-corrected chi connectivity index (χ1v) is 5.97. The van der Waals surface area contributed by atoms with Crippen LogP contribution in [-0.2, 0) is 12.8 Å². The van der Waals surface area contributed by atoms with Gasteiger partial charge in [-0.1, -0.05) is 20.8 Å². The van der Waals surface area contributed by atoms with Crippen LogP contribution in [0.15, 0.2) is 0 Å². The van der Waals surface area contributed by atoms with Gasteiger partial charge in [0, 0.05) is 10.8 Å². The third-order valence-electron chi connectivity index (χ3n) is 2.69. The average molecular weight is 195 g/mol. The van der Waals surface area contributed by atoms with Crippen molar-refractivity contribution in [3.63, 3.8) is 0 Å². The van der Waals surface area contributed by atoms with Gasteiger partial charge in [-0.3, -0.25) is 0 Å². The molecule has 0 saturated carbocycles. The van der Waals surface area contributed by atoms with Gasteiger partial charge >= 0.3 is 0 Å². The summed E-state index contributed by atoms with van der Waals surface area (Å²) in [5, 5.41) is 1.33. The Balaban J connectivity index is 2.28. The molecule has 1 atom stereocenters. The Bertz CT molecular complexity index is 301. The van der Waals surface area contributed by atoms with Crippen LogP contribution in [0.25, 0.3) is 0 Å². The van der Waals surface area contributed by atoms with Crippen LogP contribution in [0.5, 0.6) is 0 Å². The van der Waals surface area contributed by atoms with Crippen molar-refractivity contribution in [3.05, 3.63) is 15.6 Å². The lowest BCUT2D eigenvalue weighted by Crippen LogP contribution is -2.09. The van der Waals surface area contributed by atoms with E-state index in [-0.39, 0.29) is 0 Å². The molecule has 0 N–H and O–H groups in total. The number of nitrogens with zero attached hydrogens (tertiary/aromatic N) is 1. The minimum Gasteiger partial charge on any atom is -0.246 e. The topological polar surface area (TPSA) is 12.9 Å². The van der Waals surface area contributed by atoms with Gasteiger partial charge in [-0.2, -0.15) is 0 Å². The van der Waals surface area contributed by atoms with Gasteiger partial charge in [0.2, 0.25) is 0 Å². The van der Waals surface area contributed by atoms with Gasteiger partial charge in [-0.15, -0.1) is 11.3 Å². The quantitative estimate of drug-likeness (QED) is 0.669. The summed E-state index contributed by atoms with van der Waals surface area (Å²) in [4.78, 5) is 6.28. The highest BCUT2D eigenvalue weighted by atomic mass is 32.1. The summed E-state index contributed by atoms with van der Waals surface area (Å²) in [6.07, 6.45) is 3.83. The van der Waals surface area contributed by atoms with Gasteiger partial charge in [-0.25, -0.2) is 4.98 Å². The second-order valence-electron chi connectivity index (χ2n) is 4.42. The molecule has 0 bridgehead atoms. The second kappa shape index (κ2) is 3.41. The Hall–Kier alpha value is -0.370. The number of fused-ring (bicyclic) bond motifs is 1. The first kappa shape index (κ1) is 9.20. The predicted octanol–water partition coefficient (Wildman–Crippen LogP) is 3.39. The molecule has 1 unspecified atom stereocenters. The number of aromatic nitrogens is 1. The third kappa shape index (κ3) is 1.78. The first-order valence-electron chi connectivity index (χ1n) is 5.15. The summed E-state index contributed by atoms with van der Waals surface area (Å²) in [5.41, 5.74) is 1.40. The molecule has 1 aromatic heterocycles. The summed E-state index contributed by atoms with van der Waals surface area (Å²) in [6.45, 7) is 6.79. The molecule has 0 aromatic carbocycles. The van der Waals surface area contributed by atoms with Crippen molar-refractivity contribution in [2.75, 3.05) is 0 Å². The van der Waals surface area contributed by atoms with E-state index in [1.165, 1.54) is 30.0 Å². The Labute approximate surface area is 84.2 Å². The van der Waals surface area contributed by atoms with Crippen molar-refractivity contribution in [1.29, 1.82) is 0 Å². The molecule has 0 spiro atoms. The fourth-order valence-corrected chi connectivity index (χ4v) is 2.93. The Morgan fingerprint density at radius 1 is 1.46 bits per heavy atom. The van der Waals surface area contributed by atoms with Crippen LogP contribution >= 0.6 is 11.3 Å². The lowest BCUT2D eigenvalue weighted by Gasteiger charge is -2.15. The van der Waals surface area contributed by atoms with E-state index in [1.54, 1.807) is 4.88 Å².